The monoisotopic (exact) mass is 174 g/mol. The second kappa shape index (κ2) is 2.73. The van der Waals surface area contributed by atoms with Gasteiger partial charge in [0.1, 0.15) is 11.4 Å². The lowest BCUT2D eigenvalue weighted by Gasteiger charge is -2.41. The first-order valence-corrected chi connectivity index (χ1v) is 3.77. The summed E-state index contributed by atoms with van der Waals surface area (Å²) in [7, 11) is 1.65. The van der Waals surface area contributed by atoms with E-state index in [4.69, 9.17) is 0 Å². The van der Waals surface area contributed by atoms with Gasteiger partial charge in [0.2, 0.25) is 11.8 Å². The van der Waals surface area contributed by atoms with E-state index in [0.29, 0.717) is 0 Å². The molecule has 1 heterocycles. The highest BCUT2D eigenvalue weighted by molar-refractivity contribution is 7.81. The summed E-state index contributed by atoms with van der Waals surface area (Å²) in [6.07, 6.45) is 0. The van der Waals surface area contributed by atoms with E-state index >= 15 is 0 Å². The molecule has 1 saturated heterocycles. The van der Waals surface area contributed by atoms with E-state index in [1.54, 1.807) is 7.05 Å². The fourth-order valence-corrected chi connectivity index (χ4v) is 1.29. The largest absolute Gasteiger partial charge is 0.342 e. The van der Waals surface area contributed by atoms with Gasteiger partial charge in [0.25, 0.3) is 0 Å². The van der Waals surface area contributed by atoms with Crippen LogP contribution in [0.2, 0.25) is 0 Å². The van der Waals surface area contributed by atoms with Crippen LogP contribution in [0.5, 0.6) is 0 Å². The highest BCUT2D eigenvalue weighted by Crippen LogP contribution is 2.20. The molecule has 2 unspecified atom stereocenters. The second-order valence-corrected chi connectivity index (χ2v) is 3.07. The molecule has 11 heavy (non-hydrogen) atoms. The van der Waals surface area contributed by atoms with E-state index in [9.17, 15) is 9.59 Å². The Morgan fingerprint density at radius 2 is 2.27 bits per heavy atom. The normalized spacial score (nSPS) is 29.7. The molecule has 62 valence electrons. The zero-order valence-corrected chi connectivity index (χ0v) is 7.26. The van der Waals surface area contributed by atoms with Crippen molar-refractivity contribution in [3.8, 4) is 0 Å². The average molecular weight is 174 g/mol. The quantitative estimate of drug-likeness (QED) is 0.404. The summed E-state index contributed by atoms with van der Waals surface area (Å²) in [5.41, 5.74) is 0. The smallest absolute Gasteiger partial charge is 0.248 e. The number of amides is 2. The van der Waals surface area contributed by atoms with E-state index in [2.05, 4.69) is 17.9 Å². The molecule has 0 aromatic rings. The Balaban J connectivity index is 2.49. The van der Waals surface area contributed by atoms with Gasteiger partial charge in [0.05, 0.1) is 0 Å². The number of hydrogen-bond donors (Lipinski definition) is 2. The number of β-lactam (4-membered cyclic amide) rings is 1. The zero-order chi connectivity index (χ0) is 8.59. The number of carbonyl (C=O) groups excluding carboxylic acids is 2. The molecule has 0 aromatic heterocycles. The van der Waals surface area contributed by atoms with Gasteiger partial charge in [-0.25, -0.2) is 0 Å². The highest BCUT2D eigenvalue weighted by atomic mass is 32.1. The van der Waals surface area contributed by atoms with Gasteiger partial charge in [0, 0.05) is 14.0 Å². The predicted octanol–water partition coefficient (Wildman–Crippen LogP) is -0.781. The molecule has 1 aliphatic heterocycles. The number of thiol groups is 1. The molecule has 0 aromatic carbocycles. The van der Waals surface area contributed by atoms with Gasteiger partial charge in [0.15, 0.2) is 0 Å². The SMILES string of the molecule is CC(=O)NC1C(=O)N(C)C1S. The molecular formula is C6H10N2O2S. The molecule has 0 bridgehead atoms. The van der Waals surface area contributed by atoms with Gasteiger partial charge >= 0.3 is 0 Å². The number of likely N-dealkylation sites (tertiary alicyclic amines) is 1. The van der Waals surface area contributed by atoms with Crippen molar-refractivity contribution in [1.29, 1.82) is 0 Å². The number of likely N-dealkylation sites (N-methyl/N-ethyl adjacent to an activating group) is 1. The summed E-state index contributed by atoms with van der Waals surface area (Å²) in [5, 5.41) is 2.33. The number of rotatable bonds is 1. The molecule has 2 atom stereocenters. The van der Waals surface area contributed by atoms with Crippen LogP contribution in [-0.2, 0) is 9.59 Å². The number of nitrogens with one attached hydrogen (secondary N) is 1. The summed E-state index contributed by atoms with van der Waals surface area (Å²) in [6.45, 7) is 1.38. The van der Waals surface area contributed by atoms with Crippen LogP contribution in [0.3, 0.4) is 0 Å². The molecule has 5 heteroatoms. The topological polar surface area (TPSA) is 49.4 Å². The number of hydrogen-bond acceptors (Lipinski definition) is 3. The van der Waals surface area contributed by atoms with E-state index in [1.165, 1.54) is 11.8 Å². The maximum atomic E-state index is 11.0. The first-order valence-electron chi connectivity index (χ1n) is 3.26. The molecule has 2 amide bonds. The molecule has 1 rings (SSSR count). The van der Waals surface area contributed by atoms with E-state index in [0.717, 1.165) is 0 Å². The molecule has 1 aliphatic rings. The summed E-state index contributed by atoms with van der Waals surface area (Å²) in [6, 6.07) is -0.430. The van der Waals surface area contributed by atoms with Gasteiger partial charge in [-0.1, -0.05) is 0 Å². The van der Waals surface area contributed by atoms with Gasteiger partial charge < -0.3 is 10.2 Å². The van der Waals surface area contributed by atoms with E-state index < -0.39 is 6.04 Å². The van der Waals surface area contributed by atoms with Crippen LogP contribution >= 0.6 is 12.6 Å². The van der Waals surface area contributed by atoms with Gasteiger partial charge in [-0.3, -0.25) is 9.59 Å². The van der Waals surface area contributed by atoms with Gasteiger partial charge in [-0.2, -0.15) is 12.6 Å². The van der Waals surface area contributed by atoms with Crippen molar-refractivity contribution in [1.82, 2.24) is 10.2 Å². The first-order chi connectivity index (χ1) is 5.04. The zero-order valence-electron chi connectivity index (χ0n) is 6.37. The Kier molecular flexibility index (Phi) is 2.08. The minimum absolute atomic E-state index is 0.0831. The van der Waals surface area contributed by atoms with Crippen molar-refractivity contribution in [2.45, 2.75) is 18.3 Å². The second-order valence-electron chi connectivity index (χ2n) is 2.54. The lowest BCUT2D eigenvalue weighted by molar-refractivity contribution is -0.146. The maximum Gasteiger partial charge on any atom is 0.248 e. The molecule has 0 aliphatic carbocycles. The maximum absolute atomic E-state index is 11.0. The summed E-state index contributed by atoms with van der Waals surface area (Å²) in [4.78, 5) is 23.0. The summed E-state index contributed by atoms with van der Waals surface area (Å²) < 4.78 is 0. The Morgan fingerprint density at radius 1 is 1.73 bits per heavy atom. The van der Waals surface area contributed by atoms with Crippen molar-refractivity contribution >= 4 is 24.4 Å². The van der Waals surface area contributed by atoms with Crippen LogP contribution in [0.4, 0.5) is 0 Å². The van der Waals surface area contributed by atoms with E-state index in [-0.39, 0.29) is 17.2 Å². The van der Waals surface area contributed by atoms with E-state index in [1.807, 2.05) is 0 Å². The minimum atomic E-state index is -0.430. The third kappa shape index (κ3) is 1.33. The Bertz CT molecular complexity index is 207. The lowest BCUT2D eigenvalue weighted by Crippen LogP contribution is -2.66. The molecule has 1 N–H and O–H groups in total. The van der Waals surface area contributed by atoms with Crippen LogP contribution < -0.4 is 5.32 Å². The number of nitrogens with zero attached hydrogens (tertiary/aromatic N) is 1. The minimum Gasteiger partial charge on any atom is -0.342 e. The summed E-state index contributed by atoms with van der Waals surface area (Å²) in [5.74, 6) is -0.282. The third-order valence-electron chi connectivity index (χ3n) is 1.67. The van der Waals surface area contributed by atoms with Crippen molar-refractivity contribution < 1.29 is 9.59 Å². The van der Waals surface area contributed by atoms with Crippen molar-refractivity contribution in [2.75, 3.05) is 7.05 Å². The Morgan fingerprint density at radius 3 is 2.64 bits per heavy atom. The van der Waals surface area contributed by atoms with Gasteiger partial charge in [-0.05, 0) is 0 Å². The molecule has 0 radical (unpaired) electrons. The van der Waals surface area contributed by atoms with Gasteiger partial charge in [-0.15, -0.1) is 0 Å². The molecule has 0 saturated carbocycles. The van der Waals surface area contributed by atoms with Crippen molar-refractivity contribution in [3.63, 3.8) is 0 Å². The fourth-order valence-electron chi connectivity index (χ4n) is 0.974. The molecular weight excluding hydrogens is 164 g/mol. The highest BCUT2D eigenvalue weighted by Gasteiger charge is 2.43. The Labute approximate surface area is 70.3 Å². The summed E-state index contributed by atoms with van der Waals surface area (Å²) >= 11 is 4.10. The molecule has 1 fully saturated rings. The van der Waals surface area contributed by atoms with Crippen molar-refractivity contribution in [3.05, 3.63) is 0 Å². The van der Waals surface area contributed by atoms with Crippen LogP contribution in [-0.4, -0.2) is 35.2 Å². The third-order valence-corrected chi connectivity index (χ3v) is 2.31. The van der Waals surface area contributed by atoms with Crippen LogP contribution in [0, 0.1) is 0 Å². The lowest BCUT2D eigenvalue weighted by atomic mass is 10.1. The fraction of sp³-hybridized carbons (Fsp3) is 0.667. The average Bonchev–Trinajstić information content (AvgIpc) is 1.98. The predicted molar refractivity (Wildman–Crippen MR) is 43.1 cm³/mol. The standard InChI is InChI=1S/C6H10N2O2S/c1-3(9)7-4-5(10)8(2)6(4)11/h4,6,11H,1-2H3,(H,7,9). The Hall–Kier alpha value is -0.710. The van der Waals surface area contributed by atoms with Crippen molar-refractivity contribution in [2.24, 2.45) is 0 Å². The van der Waals surface area contributed by atoms with Crippen LogP contribution in [0.15, 0.2) is 0 Å². The molecule has 4 nitrogen and oxygen atoms in total. The first kappa shape index (κ1) is 8.39. The molecule has 0 spiro atoms. The van der Waals surface area contributed by atoms with Crippen LogP contribution in [0.25, 0.3) is 0 Å². The van der Waals surface area contributed by atoms with Crippen LogP contribution in [0.1, 0.15) is 6.92 Å². The number of carbonyl (C=O) groups is 2.